The van der Waals surface area contributed by atoms with Gasteiger partial charge in [0.2, 0.25) is 0 Å². The van der Waals surface area contributed by atoms with Gasteiger partial charge in [0.05, 0.1) is 0 Å². The van der Waals surface area contributed by atoms with E-state index in [-0.39, 0.29) is 20.9 Å². The average Bonchev–Trinajstić information content (AvgIpc) is 4.04. The number of aryl methyl sites for hydroxylation is 2. The molecular weight excluding hydrogens is 834 g/mol. The van der Waals surface area contributed by atoms with E-state index in [0.717, 1.165) is 52.9 Å². The number of aromatic amines is 1. The number of fused-ring (bicyclic) bond motifs is 8. The van der Waals surface area contributed by atoms with Gasteiger partial charge >= 0.3 is 343 Å². The van der Waals surface area contributed by atoms with Crippen LogP contribution in [0.4, 0.5) is 0 Å². The molecule has 12 heteroatoms. The van der Waals surface area contributed by atoms with Gasteiger partial charge in [0.1, 0.15) is 0 Å². The molecule has 3 N–H and O–H groups in total. The molecule has 0 saturated heterocycles. The van der Waals surface area contributed by atoms with E-state index in [2.05, 4.69) is 4.98 Å². The third-order valence-electron chi connectivity index (χ3n) is 10.2. The predicted molar refractivity (Wildman–Crippen MR) is 232 cm³/mol. The van der Waals surface area contributed by atoms with Gasteiger partial charge in [-0.1, -0.05) is 0 Å². The van der Waals surface area contributed by atoms with Crippen molar-refractivity contribution in [3.8, 4) is 44.5 Å². The van der Waals surface area contributed by atoms with Crippen molar-refractivity contribution in [2.24, 2.45) is 0 Å². The van der Waals surface area contributed by atoms with E-state index in [0.29, 0.717) is 33.9 Å². The van der Waals surface area contributed by atoms with Crippen LogP contribution in [0.15, 0.2) is 131 Å². The van der Waals surface area contributed by atoms with Crippen LogP contribution in [0.2, 0.25) is 0 Å². The SMILES string of the molecule is Cc1ccc(-c2c3nc(c(-c4ccccc4S(=O)(=O)O)c4ccc([se]4)c(-c4ccccc4S(=O)(=O)O)c4nc(c(-c5ccc(C)cc5)c5ccc2[nH]5)C=C4)C=C3)cc1. The summed E-state index contributed by atoms with van der Waals surface area (Å²) in [4.78, 5) is 13.6. The number of aromatic nitrogens is 3. The van der Waals surface area contributed by atoms with Crippen LogP contribution in [0.25, 0.3) is 88.4 Å². The molecule has 0 unspecified atom stereocenters. The second-order valence-electron chi connectivity index (χ2n) is 14.1. The summed E-state index contributed by atoms with van der Waals surface area (Å²) in [6.07, 6.45) is 7.52. The summed E-state index contributed by atoms with van der Waals surface area (Å²) >= 11 is -0.600. The van der Waals surface area contributed by atoms with E-state index in [1.165, 1.54) is 12.1 Å². The van der Waals surface area contributed by atoms with Crippen molar-refractivity contribution in [2.75, 3.05) is 0 Å². The second-order valence-corrected chi connectivity index (χ2v) is 19.1. The van der Waals surface area contributed by atoms with Crippen LogP contribution in [0, 0.1) is 13.8 Å². The van der Waals surface area contributed by atoms with Gasteiger partial charge in [-0.25, -0.2) is 0 Å². The van der Waals surface area contributed by atoms with Gasteiger partial charge in [-0.3, -0.25) is 0 Å². The van der Waals surface area contributed by atoms with Crippen LogP contribution in [0.3, 0.4) is 0 Å². The first kappa shape index (κ1) is 37.6. The number of hydrogen-bond acceptors (Lipinski definition) is 6. The first-order valence-corrected chi connectivity index (χ1v) is 22.8. The number of hydrogen-bond donors (Lipinski definition) is 3. The molecule has 3 aromatic heterocycles. The molecule has 0 amide bonds. The molecule has 4 aromatic carbocycles. The van der Waals surface area contributed by atoms with Crippen LogP contribution >= 0.6 is 0 Å². The van der Waals surface area contributed by atoms with Gasteiger partial charge in [0, 0.05) is 0 Å². The number of rotatable bonds is 6. The Bertz CT molecular complexity index is 3080. The van der Waals surface area contributed by atoms with E-state index in [1.54, 1.807) is 36.4 Å². The molecule has 9 nitrogen and oxygen atoms in total. The van der Waals surface area contributed by atoms with Gasteiger partial charge in [0.15, 0.2) is 0 Å². The van der Waals surface area contributed by atoms with E-state index < -0.39 is 34.7 Å². The Morgan fingerprint density at radius 2 is 0.828 bits per heavy atom. The maximum absolute atomic E-state index is 12.9. The van der Waals surface area contributed by atoms with Crippen LogP contribution in [-0.2, 0) is 20.2 Å². The minimum absolute atomic E-state index is 0.267. The zero-order chi connectivity index (χ0) is 40.3. The second kappa shape index (κ2) is 14.4. The molecular formula is C46H33N3O6S2Se. The zero-order valence-corrected chi connectivity index (χ0v) is 34.3. The van der Waals surface area contributed by atoms with Gasteiger partial charge in [-0.15, -0.1) is 0 Å². The molecule has 0 saturated carbocycles. The molecule has 0 radical (unpaired) electrons. The summed E-state index contributed by atoms with van der Waals surface area (Å²) in [5, 5.41) is 0. The topological polar surface area (TPSA) is 150 Å². The molecule has 0 aliphatic carbocycles. The average molecular weight is 867 g/mol. The van der Waals surface area contributed by atoms with Crippen molar-refractivity contribution in [2.45, 2.75) is 23.6 Å². The summed E-state index contributed by atoms with van der Waals surface area (Å²) in [5.74, 6) is 0. The zero-order valence-electron chi connectivity index (χ0n) is 31.0. The van der Waals surface area contributed by atoms with Crippen LogP contribution in [-0.4, -0.2) is 55.4 Å². The van der Waals surface area contributed by atoms with Crippen LogP contribution in [0.1, 0.15) is 33.9 Å². The quantitative estimate of drug-likeness (QED) is 0.110. The van der Waals surface area contributed by atoms with Crippen molar-refractivity contribution in [1.82, 2.24) is 15.0 Å². The minimum atomic E-state index is -4.68. The van der Waals surface area contributed by atoms with Crippen molar-refractivity contribution < 1.29 is 25.9 Å². The van der Waals surface area contributed by atoms with Crippen molar-refractivity contribution in [1.29, 1.82) is 0 Å². The van der Waals surface area contributed by atoms with Gasteiger partial charge in [0.25, 0.3) is 0 Å². The standard InChI is InChI=1S/C46H33N3O6S2Se/c1-27-11-15-29(16-12-27)43-33-19-20-34(47-33)44(30-17-13-28(2)14-18-30)36-22-24-38(49-36)46(32-8-4-6-10-40(32)57(53,54)55)42-26-25-41(58-42)45(37-23-21-35(43)48-37)31-7-3-5-9-39(31)56(50,51)52/h3-26,47H,1-2H3,(H,50,51,52)(H,53,54,55). The molecule has 9 rings (SSSR count). The maximum atomic E-state index is 12.9. The first-order chi connectivity index (χ1) is 27.8. The summed E-state index contributed by atoms with van der Waals surface area (Å²) < 4.78 is 74.0. The Hall–Kier alpha value is -5.98. The molecule has 0 fully saturated rings. The molecule has 0 spiro atoms. The first-order valence-electron chi connectivity index (χ1n) is 18.2. The summed E-state index contributed by atoms with van der Waals surface area (Å²) in [6.45, 7) is 4.06. The van der Waals surface area contributed by atoms with Gasteiger partial charge in [-0.2, -0.15) is 0 Å². The summed E-state index contributed by atoms with van der Waals surface area (Å²) in [6, 6.07) is 36.7. The Labute approximate surface area is 341 Å². The third-order valence-corrected chi connectivity index (χ3v) is 14.4. The fourth-order valence-corrected chi connectivity index (χ4v) is 11.3. The van der Waals surface area contributed by atoms with E-state index in [1.807, 2.05) is 111 Å². The van der Waals surface area contributed by atoms with E-state index >= 15 is 0 Å². The Kier molecular flexibility index (Phi) is 9.36. The summed E-state index contributed by atoms with van der Waals surface area (Å²) in [5.41, 5.74) is 11.0. The number of benzene rings is 4. The third kappa shape index (κ3) is 6.90. The van der Waals surface area contributed by atoms with E-state index in [4.69, 9.17) is 9.97 Å². The molecule has 7 aromatic rings. The Morgan fingerprint density at radius 1 is 0.466 bits per heavy atom. The summed E-state index contributed by atoms with van der Waals surface area (Å²) in [7, 11) is -9.35. The van der Waals surface area contributed by atoms with Crippen molar-refractivity contribution in [3.63, 3.8) is 0 Å². The van der Waals surface area contributed by atoms with Crippen molar-refractivity contribution >= 4 is 78.6 Å². The van der Waals surface area contributed by atoms with Crippen molar-refractivity contribution in [3.05, 3.63) is 155 Å². The Morgan fingerprint density at radius 3 is 1.21 bits per heavy atom. The fourth-order valence-electron chi connectivity index (χ4n) is 7.49. The molecule has 2 aliphatic heterocycles. The predicted octanol–water partition coefficient (Wildman–Crippen LogP) is 10.2. The number of H-pyrrole nitrogens is 1. The molecule has 286 valence electrons. The van der Waals surface area contributed by atoms with E-state index in [9.17, 15) is 25.9 Å². The monoisotopic (exact) mass is 867 g/mol. The van der Waals surface area contributed by atoms with Crippen LogP contribution in [0.5, 0.6) is 0 Å². The molecule has 5 heterocycles. The molecule has 8 bridgehead atoms. The van der Waals surface area contributed by atoms with Crippen LogP contribution < -0.4 is 0 Å². The van der Waals surface area contributed by atoms with Gasteiger partial charge < -0.3 is 0 Å². The fraction of sp³-hybridized carbons (Fsp3) is 0.0435. The number of nitrogens with one attached hydrogen (secondary N) is 1. The Balaban J connectivity index is 1.52. The normalized spacial score (nSPS) is 12.6. The molecule has 58 heavy (non-hydrogen) atoms. The molecule has 0 atom stereocenters. The van der Waals surface area contributed by atoms with Gasteiger partial charge in [-0.05, 0) is 0 Å². The molecule has 2 aliphatic rings. The number of nitrogens with zero attached hydrogens (tertiary/aromatic N) is 2.